The molecule has 0 spiro atoms. The number of benzene rings is 17. The van der Waals surface area contributed by atoms with E-state index >= 15 is 0 Å². The second-order valence-corrected chi connectivity index (χ2v) is 26.5. The van der Waals surface area contributed by atoms with Gasteiger partial charge in [-0.3, -0.25) is 4.57 Å². The smallest absolute Gasteiger partial charge is 0.160 e. The van der Waals surface area contributed by atoms with Gasteiger partial charge in [0.1, 0.15) is 5.82 Å². The van der Waals surface area contributed by atoms with E-state index in [4.69, 9.17) is 15.0 Å². The zero-order chi connectivity index (χ0) is 65.5. The first kappa shape index (κ1) is 55.9. The predicted octanol–water partition coefficient (Wildman–Crippen LogP) is 25.1. The van der Waals surface area contributed by atoms with Crippen molar-refractivity contribution in [3.63, 3.8) is 0 Å². The molecule has 0 unspecified atom stereocenters. The van der Waals surface area contributed by atoms with Crippen LogP contribution in [0.25, 0.3) is 210 Å². The van der Waals surface area contributed by atoms with Gasteiger partial charge in [0.2, 0.25) is 0 Å². The highest BCUT2D eigenvalue weighted by Crippen LogP contribution is 2.52. The monoisotopic (exact) mass is 1270 g/mol. The fourth-order valence-electron chi connectivity index (χ4n) is 16.5. The quantitative estimate of drug-likeness (QED) is 0.135. The van der Waals surface area contributed by atoms with E-state index in [1.807, 2.05) is 6.07 Å². The topological polar surface area (TPSA) is 48.5 Å². The lowest BCUT2D eigenvalue weighted by Crippen LogP contribution is -1.98. The van der Waals surface area contributed by atoms with Crippen molar-refractivity contribution in [2.75, 3.05) is 0 Å². The van der Waals surface area contributed by atoms with Crippen molar-refractivity contribution in [1.29, 1.82) is 0 Å². The summed E-state index contributed by atoms with van der Waals surface area (Å²) in [6.07, 6.45) is 0. The Labute approximate surface area is 576 Å². The van der Waals surface area contributed by atoms with Crippen LogP contribution in [0.3, 0.4) is 0 Å². The molecule has 0 fully saturated rings. The van der Waals surface area contributed by atoms with Crippen molar-refractivity contribution in [1.82, 2.24) is 24.1 Å². The predicted molar refractivity (Wildman–Crippen MR) is 419 cm³/mol. The zero-order valence-electron chi connectivity index (χ0n) is 54.1. The van der Waals surface area contributed by atoms with Gasteiger partial charge < -0.3 is 4.57 Å². The number of imidazole rings is 1. The van der Waals surface area contributed by atoms with Gasteiger partial charge in [-0.15, -0.1) is 0 Å². The molecule has 20 aromatic rings. The van der Waals surface area contributed by atoms with Crippen LogP contribution in [-0.2, 0) is 0 Å². The Morgan fingerprint density at radius 2 is 0.740 bits per heavy atom. The first-order valence-corrected chi connectivity index (χ1v) is 34.3. The Balaban J connectivity index is 0.702. The Morgan fingerprint density at radius 3 is 1.49 bits per heavy atom. The summed E-state index contributed by atoms with van der Waals surface area (Å²) in [6, 6.07) is 127. The fourth-order valence-corrected chi connectivity index (χ4v) is 16.5. The molecule has 0 saturated heterocycles. The summed E-state index contributed by atoms with van der Waals surface area (Å²) in [5.74, 6) is 1.57. The molecule has 0 bridgehead atoms. The van der Waals surface area contributed by atoms with Gasteiger partial charge in [-0.25, -0.2) is 15.0 Å². The maximum absolute atomic E-state index is 5.64. The molecule has 17 aromatic carbocycles. The number of fused-ring (bicyclic) bond motifs is 9. The molecule has 21 rings (SSSR count). The highest BCUT2D eigenvalue weighted by atomic mass is 15.1. The summed E-state index contributed by atoms with van der Waals surface area (Å²) < 4.78 is 4.77. The van der Waals surface area contributed by atoms with Gasteiger partial charge in [0, 0.05) is 49.6 Å². The largest absolute Gasteiger partial charge is 0.309 e. The zero-order valence-corrected chi connectivity index (χ0v) is 54.1. The summed E-state index contributed by atoms with van der Waals surface area (Å²) >= 11 is 0. The number of hydrogen-bond donors (Lipinski definition) is 0. The highest BCUT2D eigenvalue weighted by Gasteiger charge is 2.28. The van der Waals surface area contributed by atoms with E-state index in [1.165, 1.54) is 109 Å². The Bertz CT molecular complexity index is 6820. The normalized spacial score (nSPS) is 12.0. The minimum absolute atomic E-state index is 0.689. The van der Waals surface area contributed by atoms with Crippen LogP contribution >= 0.6 is 0 Å². The molecule has 100 heavy (non-hydrogen) atoms. The molecule has 5 nitrogen and oxygen atoms in total. The van der Waals surface area contributed by atoms with Gasteiger partial charge in [-0.1, -0.05) is 273 Å². The van der Waals surface area contributed by atoms with E-state index < -0.39 is 0 Å². The van der Waals surface area contributed by atoms with E-state index in [0.29, 0.717) is 5.82 Å². The van der Waals surface area contributed by atoms with Crippen LogP contribution in [0.15, 0.2) is 346 Å². The van der Waals surface area contributed by atoms with Gasteiger partial charge in [-0.2, -0.15) is 0 Å². The lowest BCUT2D eigenvalue weighted by molar-refractivity contribution is 1.10. The first-order chi connectivity index (χ1) is 49.6. The number of para-hydroxylation sites is 2. The molecular weight excluding hydrogens is 1210 g/mol. The minimum atomic E-state index is 0.689. The van der Waals surface area contributed by atoms with Crippen molar-refractivity contribution in [3.8, 4) is 112 Å². The van der Waals surface area contributed by atoms with Gasteiger partial charge in [-0.05, 0) is 188 Å². The minimum Gasteiger partial charge on any atom is -0.309 e. The molecule has 0 amide bonds. The Morgan fingerprint density at radius 1 is 0.210 bits per heavy atom. The second kappa shape index (κ2) is 22.1. The molecule has 0 saturated carbocycles. The van der Waals surface area contributed by atoms with Crippen LogP contribution in [0.2, 0.25) is 0 Å². The van der Waals surface area contributed by atoms with Gasteiger partial charge >= 0.3 is 0 Å². The summed E-state index contributed by atoms with van der Waals surface area (Å²) in [6.45, 7) is 0. The SMILES string of the molecule is c1ccc(-c2nc(-c3cccc(-n4c5cccc6c5c5c7c(ccc(-c8ccc9c(c8)nc(-c8ccc(-c%10ccc%11c(-c%12ccc%13ccccc%13c%12)c%12ccccc%12c(-c%12ccc%13ccccc%13c%12)c%11c%10)cc8)n9-c8ccccc8)c7ccc54)-c4ccccc4-6)c3)nc3ccccc23)cc1. The molecule has 0 aliphatic heterocycles. The molecule has 1 aliphatic rings. The molecule has 5 heteroatoms. The van der Waals surface area contributed by atoms with Crippen molar-refractivity contribution in [2.24, 2.45) is 0 Å². The third-order valence-electron chi connectivity index (χ3n) is 21.0. The summed E-state index contributed by atoms with van der Waals surface area (Å²) in [5, 5.41) is 15.8. The highest BCUT2D eigenvalue weighted by molar-refractivity contribution is 6.32. The van der Waals surface area contributed by atoms with Crippen molar-refractivity contribution in [2.45, 2.75) is 0 Å². The van der Waals surface area contributed by atoms with Crippen molar-refractivity contribution < 1.29 is 0 Å². The number of rotatable bonds is 9. The molecule has 0 N–H and O–H groups in total. The van der Waals surface area contributed by atoms with E-state index in [1.54, 1.807) is 0 Å². The summed E-state index contributed by atoms with van der Waals surface area (Å²) in [4.78, 5) is 16.2. The number of aromatic nitrogens is 5. The average molecular weight is 1270 g/mol. The average Bonchev–Trinajstić information content (AvgIpc) is 1.75. The lowest BCUT2D eigenvalue weighted by atomic mass is 9.84. The number of hydrogen-bond acceptors (Lipinski definition) is 3. The molecular formula is C95H57N5. The maximum Gasteiger partial charge on any atom is 0.160 e. The third kappa shape index (κ3) is 8.65. The molecule has 3 aromatic heterocycles. The summed E-state index contributed by atoms with van der Waals surface area (Å²) in [7, 11) is 0. The molecule has 3 heterocycles. The molecule has 0 radical (unpaired) electrons. The van der Waals surface area contributed by atoms with Crippen LogP contribution in [-0.4, -0.2) is 24.1 Å². The Hall–Kier alpha value is -13.4. The van der Waals surface area contributed by atoms with Crippen LogP contribution < -0.4 is 0 Å². The summed E-state index contributed by atoms with van der Waals surface area (Å²) in [5.41, 5.74) is 25.5. The fraction of sp³-hybridized carbons (Fsp3) is 0. The molecule has 0 atom stereocenters. The van der Waals surface area contributed by atoms with E-state index in [-0.39, 0.29) is 0 Å². The van der Waals surface area contributed by atoms with Crippen LogP contribution in [0.4, 0.5) is 0 Å². The van der Waals surface area contributed by atoms with Crippen LogP contribution in [0.5, 0.6) is 0 Å². The maximum atomic E-state index is 5.64. The van der Waals surface area contributed by atoms with E-state index in [9.17, 15) is 0 Å². The van der Waals surface area contributed by atoms with Gasteiger partial charge in [0.15, 0.2) is 5.82 Å². The van der Waals surface area contributed by atoms with Crippen LogP contribution in [0.1, 0.15) is 0 Å². The van der Waals surface area contributed by atoms with Crippen molar-refractivity contribution >= 4 is 97.6 Å². The van der Waals surface area contributed by atoms with E-state index in [0.717, 1.165) is 94.8 Å². The molecule has 462 valence electrons. The standard InChI is InChI=1S/C95H57N5/c1-3-21-61(22-4-1)93-81-33-15-16-35-83(81)96-94(98-93)69-25-17-28-71(55-69)99-86-36-18-34-75-73-29-11-12-30-74(73)79-49-48-72(78-50-52-87(99)92(90(78)79)91(75)86)66-46-51-85-84(57-66)97-95(100(85)70-26-5-2-6-27-70)62-41-37-60(38-42-62)65-45-47-80-82(56-65)89(68-44-40-59-20-8-10-24-64(59)54-68)77-32-14-13-31-76(77)88(80)67-43-39-58-19-7-9-23-63(58)53-67/h1-57H. The Kier molecular flexibility index (Phi) is 12.4. The van der Waals surface area contributed by atoms with Crippen LogP contribution in [0, 0.1) is 0 Å². The molecule has 1 aliphatic carbocycles. The van der Waals surface area contributed by atoms with E-state index in [2.05, 4.69) is 349 Å². The third-order valence-corrected chi connectivity index (χ3v) is 21.0. The second-order valence-electron chi connectivity index (χ2n) is 26.5. The first-order valence-electron chi connectivity index (χ1n) is 34.3. The van der Waals surface area contributed by atoms with Gasteiger partial charge in [0.05, 0.1) is 33.3 Å². The van der Waals surface area contributed by atoms with Gasteiger partial charge in [0.25, 0.3) is 0 Å². The lowest BCUT2D eigenvalue weighted by Gasteiger charge is -2.19. The van der Waals surface area contributed by atoms with Crippen molar-refractivity contribution in [3.05, 3.63) is 346 Å². The number of nitrogens with zero attached hydrogens (tertiary/aromatic N) is 5.